The summed E-state index contributed by atoms with van der Waals surface area (Å²) in [5, 5.41) is 3.58. The Morgan fingerprint density at radius 3 is 3.05 bits per heavy atom. The molecule has 0 radical (unpaired) electrons. The molecule has 1 aliphatic heterocycles. The maximum atomic E-state index is 12.4. The van der Waals surface area contributed by atoms with E-state index in [0.29, 0.717) is 30.3 Å². The number of halogens is 1. The molecule has 1 saturated heterocycles. The lowest BCUT2D eigenvalue weighted by molar-refractivity contribution is -0.0196. The molecule has 19 heavy (non-hydrogen) atoms. The van der Waals surface area contributed by atoms with E-state index < -0.39 is 0 Å². The summed E-state index contributed by atoms with van der Waals surface area (Å²) in [7, 11) is 1.88. The maximum Gasteiger partial charge on any atom is 0.255 e. The second-order valence-corrected chi connectivity index (χ2v) is 5.19. The predicted octanol–water partition coefficient (Wildman–Crippen LogP) is 1.71. The zero-order valence-corrected chi connectivity index (χ0v) is 12.0. The lowest BCUT2D eigenvalue weighted by atomic mass is 10.1. The Morgan fingerprint density at radius 2 is 2.37 bits per heavy atom. The highest BCUT2D eigenvalue weighted by Crippen LogP contribution is 2.20. The average molecular weight is 283 g/mol. The van der Waals surface area contributed by atoms with Crippen molar-refractivity contribution < 1.29 is 9.53 Å². The molecule has 0 bridgehead atoms. The SMILES string of the molecule is CNCC1CN(C(=O)c2ccc(C)cc2Cl)CCO1. The van der Waals surface area contributed by atoms with Crippen molar-refractivity contribution >= 4 is 17.5 Å². The molecule has 1 N–H and O–H groups in total. The van der Waals surface area contributed by atoms with Gasteiger partial charge in [0.05, 0.1) is 23.3 Å². The van der Waals surface area contributed by atoms with Crippen molar-refractivity contribution in [3.05, 3.63) is 34.3 Å². The van der Waals surface area contributed by atoms with E-state index in [-0.39, 0.29) is 12.0 Å². The number of ether oxygens (including phenoxy) is 1. The van der Waals surface area contributed by atoms with Gasteiger partial charge in [-0.2, -0.15) is 0 Å². The van der Waals surface area contributed by atoms with Gasteiger partial charge >= 0.3 is 0 Å². The van der Waals surface area contributed by atoms with Gasteiger partial charge in [0.1, 0.15) is 0 Å². The highest BCUT2D eigenvalue weighted by atomic mass is 35.5. The molecular formula is C14H19ClN2O2. The number of hydrogen-bond donors (Lipinski definition) is 1. The molecule has 1 atom stereocenters. The molecular weight excluding hydrogens is 264 g/mol. The van der Waals surface area contributed by atoms with Gasteiger partial charge in [0.25, 0.3) is 5.91 Å². The Labute approximate surface area is 118 Å². The number of amides is 1. The lowest BCUT2D eigenvalue weighted by Crippen LogP contribution is -2.48. The van der Waals surface area contributed by atoms with Crippen LogP contribution in [0.25, 0.3) is 0 Å². The number of aryl methyl sites for hydroxylation is 1. The lowest BCUT2D eigenvalue weighted by Gasteiger charge is -2.33. The summed E-state index contributed by atoms with van der Waals surface area (Å²) >= 11 is 6.15. The number of carbonyl (C=O) groups is 1. The molecule has 104 valence electrons. The number of likely N-dealkylation sites (N-methyl/N-ethyl adjacent to an activating group) is 1. The fourth-order valence-corrected chi connectivity index (χ4v) is 2.53. The number of nitrogens with zero attached hydrogens (tertiary/aromatic N) is 1. The van der Waals surface area contributed by atoms with Gasteiger partial charge in [0.2, 0.25) is 0 Å². The third-order valence-corrected chi connectivity index (χ3v) is 3.53. The van der Waals surface area contributed by atoms with Crippen molar-refractivity contribution in [2.24, 2.45) is 0 Å². The van der Waals surface area contributed by atoms with Crippen LogP contribution < -0.4 is 5.32 Å². The van der Waals surface area contributed by atoms with Crippen molar-refractivity contribution in [1.82, 2.24) is 10.2 Å². The average Bonchev–Trinajstić information content (AvgIpc) is 2.39. The minimum atomic E-state index is -0.0191. The van der Waals surface area contributed by atoms with E-state index in [1.54, 1.807) is 6.07 Å². The van der Waals surface area contributed by atoms with Gasteiger partial charge in [-0.3, -0.25) is 4.79 Å². The summed E-state index contributed by atoms with van der Waals surface area (Å²) in [5.74, 6) is -0.0191. The van der Waals surface area contributed by atoms with Crippen LogP contribution in [0.5, 0.6) is 0 Å². The van der Waals surface area contributed by atoms with Crippen LogP contribution in [0, 0.1) is 6.92 Å². The van der Waals surface area contributed by atoms with Crippen LogP contribution in [0.4, 0.5) is 0 Å². The highest BCUT2D eigenvalue weighted by molar-refractivity contribution is 6.33. The predicted molar refractivity (Wildman–Crippen MR) is 75.8 cm³/mol. The Morgan fingerprint density at radius 1 is 1.58 bits per heavy atom. The molecule has 0 spiro atoms. The van der Waals surface area contributed by atoms with Crippen molar-refractivity contribution in [1.29, 1.82) is 0 Å². The molecule has 1 fully saturated rings. The summed E-state index contributed by atoms with van der Waals surface area (Å²) in [4.78, 5) is 14.3. The molecule has 1 heterocycles. The van der Waals surface area contributed by atoms with E-state index in [1.807, 2.05) is 31.0 Å². The molecule has 4 nitrogen and oxygen atoms in total. The number of carbonyl (C=O) groups excluding carboxylic acids is 1. The van der Waals surface area contributed by atoms with Gasteiger partial charge in [0, 0.05) is 19.6 Å². The van der Waals surface area contributed by atoms with Crippen LogP contribution >= 0.6 is 11.6 Å². The minimum Gasteiger partial charge on any atom is -0.373 e. The van der Waals surface area contributed by atoms with Crippen LogP contribution in [-0.4, -0.2) is 50.2 Å². The van der Waals surface area contributed by atoms with E-state index in [2.05, 4.69) is 5.32 Å². The second-order valence-electron chi connectivity index (χ2n) is 4.78. The van der Waals surface area contributed by atoms with Gasteiger partial charge < -0.3 is 15.0 Å². The molecule has 1 aliphatic rings. The standard InChI is InChI=1S/C14H19ClN2O2/c1-10-3-4-12(13(15)7-10)14(18)17-5-6-19-11(9-17)8-16-2/h3-4,7,11,16H,5-6,8-9H2,1-2H3. The van der Waals surface area contributed by atoms with Crippen LogP contribution in [0.2, 0.25) is 5.02 Å². The first-order chi connectivity index (χ1) is 9.11. The first kappa shape index (κ1) is 14.3. The normalized spacial score (nSPS) is 19.5. The number of morpholine rings is 1. The van der Waals surface area contributed by atoms with Crippen molar-refractivity contribution in [2.45, 2.75) is 13.0 Å². The molecule has 1 aromatic carbocycles. The van der Waals surface area contributed by atoms with Crippen LogP contribution in [0.3, 0.4) is 0 Å². The molecule has 0 saturated carbocycles. The summed E-state index contributed by atoms with van der Waals surface area (Å²) in [6.07, 6.45) is 0.0481. The number of rotatable bonds is 3. The molecule has 1 unspecified atom stereocenters. The summed E-state index contributed by atoms with van der Waals surface area (Å²) in [5.41, 5.74) is 1.62. The topological polar surface area (TPSA) is 41.6 Å². The van der Waals surface area contributed by atoms with E-state index in [4.69, 9.17) is 16.3 Å². The van der Waals surface area contributed by atoms with Gasteiger partial charge in [-0.15, -0.1) is 0 Å². The smallest absolute Gasteiger partial charge is 0.255 e. The Bertz CT molecular complexity index is 463. The monoisotopic (exact) mass is 282 g/mol. The summed E-state index contributed by atoms with van der Waals surface area (Å²) < 4.78 is 5.59. The van der Waals surface area contributed by atoms with Crippen LogP contribution in [0.1, 0.15) is 15.9 Å². The van der Waals surface area contributed by atoms with E-state index in [0.717, 1.165) is 12.1 Å². The van der Waals surface area contributed by atoms with Crippen LogP contribution in [0.15, 0.2) is 18.2 Å². The van der Waals surface area contributed by atoms with Crippen LogP contribution in [-0.2, 0) is 4.74 Å². The molecule has 0 aromatic heterocycles. The molecule has 2 rings (SSSR count). The molecule has 1 aromatic rings. The maximum absolute atomic E-state index is 12.4. The first-order valence-corrected chi connectivity index (χ1v) is 6.81. The Hall–Kier alpha value is -1.10. The van der Waals surface area contributed by atoms with Crippen molar-refractivity contribution in [2.75, 3.05) is 33.3 Å². The summed E-state index contributed by atoms with van der Waals surface area (Å²) in [6, 6.07) is 5.52. The van der Waals surface area contributed by atoms with Crippen molar-refractivity contribution in [3.63, 3.8) is 0 Å². The highest BCUT2D eigenvalue weighted by Gasteiger charge is 2.25. The zero-order chi connectivity index (χ0) is 13.8. The van der Waals surface area contributed by atoms with Gasteiger partial charge in [-0.25, -0.2) is 0 Å². The van der Waals surface area contributed by atoms with Gasteiger partial charge in [-0.05, 0) is 31.7 Å². The quantitative estimate of drug-likeness (QED) is 0.918. The third-order valence-electron chi connectivity index (χ3n) is 3.21. The summed E-state index contributed by atoms with van der Waals surface area (Å²) in [6.45, 7) is 4.48. The van der Waals surface area contributed by atoms with Gasteiger partial charge in [-0.1, -0.05) is 17.7 Å². The van der Waals surface area contributed by atoms with E-state index >= 15 is 0 Å². The fraction of sp³-hybridized carbons (Fsp3) is 0.500. The number of nitrogens with one attached hydrogen (secondary N) is 1. The minimum absolute atomic E-state index is 0.0191. The Kier molecular flexibility index (Phi) is 4.80. The number of hydrogen-bond acceptors (Lipinski definition) is 3. The third kappa shape index (κ3) is 3.47. The fourth-order valence-electron chi connectivity index (χ4n) is 2.22. The molecule has 0 aliphatic carbocycles. The first-order valence-electron chi connectivity index (χ1n) is 6.43. The molecule has 5 heteroatoms. The van der Waals surface area contributed by atoms with E-state index in [9.17, 15) is 4.79 Å². The van der Waals surface area contributed by atoms with Gasteiger partial charge in [0.15, 0.2) is 0 Å². The van der Waals surface area contributed by atoms with Crippen molar-refractivity contribution in [3.8, 4) is 0 Å². The number of benzene rings is 1. The second kappa shape index (κ2) is 6.37. The van der Waals surface area contributed by atoms with E-state index in [1.165, 1.54) is 0 Å². The zero-order valence-electron chi connectivity index (χ0n) is 11.3. The largest absolute Gasteiger partial charge is 0.373 e. The Balaban J connectivity index is 2.10. The molecule has 1 amide bonds.